The summed E-state index contributed by atoms with van der Waals surface area (Å²) in [5.41, 5.74) is 1.33. The Labute approximate surface area is 178 Å². The summed E-state index contributed by atoms with van der Waals surface area (Å²) in [7, 11) is 1.54. The van der Waals surface area contributed by atoms with Crippen molar-refractivity contribution < 1.29 is 28.2 Å². The van der Waals surface area contributed by atoms with E-state index in [1.54, 1.807) is 44.2 Å². The topological polar surface area (TPSA) is 80.0 Å². The van der Waals surface area contributed by atoms with E-state index in [0.29, 0.717) is 28.5 Å². The molecule has 31 heavy (non-hydrogen) atoms. The Morgan fingerprint density at radius 2 is 1.77 bits per heavy atom. The molecule has 0 aliphatic carbocycles. The van der Waals surface area contributed by atoms with Gasteiger partial charge in [0, 0.05) is 11.3 Å². The molecule has 7 heteroatoms. The number of nitrogens with zero attached hydrogens (tertiary/aromatic N) is 1. The molecule has 1 unspecified atom stereocenters. The standard InChI is InChI=1S/C24H20FNO5/c1-13-12-15(5-11-18(13)30-3)22(27)20-21(19-10-4-14(2)31-19)26(24(29)23(20)28)17-8-6-16(25)7-9-17/h4-12,21,27H,1-3H3/b22-20-. The lowest BCUT2D eigenvalue weighted by molar-refractivity contribution is -0.132. The van der Waals surface area contributed by atoms with Gasteiger partial charge < -0.3 is 14.3 Å². The first-order valence-electron chi connectivity index (χ1n) is 9.59. The summed E-state index contributed by atoms with van der Waals surface area (Å²) in [4.78, 5) is 27.2. The number of aryl methyl sites for hydroxylation is 2. The Bertz CT molecular complexity index is 1210. The van der Waals surface area contributed by atoms with Crippen LogP contribution in [0.3, 0.4) is 0 Å². The van der Waals surface area contributed by atoms with Crippen molar-refractivity contribution in [3.63, 3.8) is 0 Å². The molecule has 158 valence electrons. The largest absolute Gasteiger partial charge is 0.507 e. The fourth-order valence-corrected chi connectivity index (χ4v) is 3.75. The van der Waals surface area contributed by atoms with Crippen molar-refractivity contribution in [2.75, 3.05) is 12.0 Å². The monoisotopic (exact) mass is 421 g/mol. The van der Waals surface area contributed by atoms with E-state index in [4.69, 9.17) is 9.15 Å². The molecule has 6 nitrogen and oxygen atoms in total. The predicted molar refractivity (Wildman–Crippen MR) is 112 cm³/mol. The second-order valence-corrected chi connectivity index (χ2v) is 7.28. The number of halogens is 1. The first kappa shape index (κ1) is 20.4. The molecule has 3 aromatic rings. The van der Waals surface area contributed by atoms with Gasteiger partial charge in [0.2, 0.25) is 0 Å². The number of aliphatic hydroxyl groups excluding tert-OH is 1. The highest BCUT2D eigenvalue weighted by Gasteiger charge is 2.48. The van der Waals surface area contributed by atoms with Gasteiger partial charge in [-0.05, 0) is 74.0 Å². The second-order valence-electron chi connectivity index (χ2n) is 7.28. The number of amides is 1. The average Bonchev–Trinajstić information content (AvgIpc) is 3.29. The van der Waals surface area contributed by atoms with E-state index < -0.39 is 23.5 Å². The number of Topliss-reactive ketones (excluding diaryl/α,β-unsaturated/α-hetero) is 1. The summed E-state index contributed by atoms with van der Waals surface area (Å²) in [5, 5.41) is 11.1. The fraction of sp³-hybridized carbons (Fsp3) is 0.167. The number of methoxy groups -OCH3 is 1. The zero-order valence-electron chi connectivity index (χ0n) is 17.2. The molecule has 1 amide bonds. The molecule has 1 fully saturated rings. The lowest BCUT2D eigenvalue weighted by atomic mass is 9.98. The van der Waals surface area contributed by atoms with Gasteiger partial charge >= 0.3 is 0 Å². The third kappa shape index (κ3) is 3.48. The van der Waals surface area contributed by atoms with Gasteiger partial charge in [0.15, 0.2) is 0 Å². The van der Waals surface area contributed by atoms with E-state index in [-0.39, 0.29) is 11.3 Å². The molecule has 0 radical (unpaired) electrons. The van der Waals surface area contributed by atoms with E-state index in [2.05, 4.69) is 0 Å². The quantitative estimate of drug-likeness (QED) is 0.376. The van der Waals surface area contributed by atoms with E-state index in [1.807, 2.05) is 0 Å². The van der Waals surface area contributed by atoms with Crippen molar-refractivity contribution in [2.45, 2.75) is 19.9 Å². The third-order valence-electron chi connectivity index (χ3n) is 5.25. The lowest BCUT2D eigenvalue weighted by Gasteiger charge is -2.23. The molecule has 1 aliphatic heterocycles. The molecular weight excluding hydrogens is 401 g/mol. The number of rotatable bonds is 4. The van der Waals surface area contributed by atoms with Crippen LogP contribution in [0, 0.1) is 19.7 Å². The molecular formula is C24H20FNO5. The molecule has 0 spiro atoms. The van der Waals surface area contributed by atoms with Crippen LogP contribution in [0.1, 0.15) is 28.7 Å². The molecule has 1 saturated heterocycles. The first-order valence-corrected chi connectivity index (χ1v) is 9.59. The zero-order valence-corrected chi connectivity index (χ0v) is 17.2. The highest BCUT2D eigenvalue weighted by molar-refractivity contribution is 6.51. The van der Waals surface area contributed by atoms with Crippen LogP contribution >= 0.6 is 0 Å². The molecule has 1 atom stereocenters. The van der Waals surface area contributed by atoms with Crippen molar-refractivity contribution in [3.05, 3.63) is 88.6 Å². The van der Waals surface area contributed by atoms with Crippen LogP contribution in [0.2, 0.25) is 0 Å². The Morgan fingerprint density at radius 1 is 1.06 bits per heavy atom. The summed E-state index contributed by atoms with van der Waals surface area (Å²) < 4.78 is 24.4. The lowest BCUT2D eigenvalue weighted by Crippen LogP contribution is -2.29. The highest BCUT2D eigenvalue weighted by atomic mass is 19.1. The summed E-state index contributed by atoms with van der Waals surface area (Å²) >= 11 is 0. The van der Waals surface area contributed by atoms with Gasteiger partial charge in [0.25, 0.3) is 11.7 Å². The SMILES string of the molecule is COc1ccc(/C(O)=C2/C(=O)C(=O)N(c3ccc(F)cc3)C2c2ccc(C)o2)cc1C. The Balaban J connectivity index is 1.92. The number of ether oxygens (including phenoxy) is 1. The Morgan fingerprint density at radius 3 is 2.35 bits per heavy atom. The Kier molecular flexibility index (Phi) is 5.10. The second kappa shape index (κ2) is 7.75. The number of benzene rings is 2. The molecule has 0 bridgehead atoms. The van der Waals surface area contributed by atoms with Crippen molar-refractivity contribution in [2.24, 2.45) is 0 Å². The number of furan rings is 1. The van der Waals surface area contributed by atoms with Crippen LogP contribution in [-0.2, 0) is 9.59 Å². The minimum absolute atomic E-state index is 0.103. The van der Waals surface area contributed by atoms with Crippen molar-refractivity contribution in [1.82, 2.24) is 0 Å². The summed E-state index contributed by atoms with van der Waals surface area (Å²) in [6.45, 7) is 3.54. The summed E-state index contributed by atoms with van der Waals surface area (Å²) in [6, 6.07) is 12.5. The number of hydrogen-bond donors (Lipinski definition) is 1. The van der Waals surface area contributed by atoms with Crippen LogP contribution < -0.4 is 9.64 Å². The van der Waals surface area contributed by atoms with Gasteiger partial charge in [-0.3, -0.25) is 14.5 Å². The molecule has 1 aliphatic rings. The summed E-state index contributed by atoms with van der Waals surface area (Å²) in [5.74, 6) is -0.965. The maximum Gasteiger partial charge on any atom is 0.300 e. The number of anilines is 1. The normalized spacial score (nSPS) is 17.9. The van der Waals surface area contributed by atoms with Gasteiger partial charge in [-0.25, -0.2) is 4.39 Å². The smallest absolute Gasteiger partial charge is 0.300 e. The van der Waals surface area contributed by atoms with Crippen molar-refractivity contribution >= 4 is 23.1 Å². The minimum atomic E-state index is -0.999. The van der Waals surface area contributed by atoms with Crippen molar-refractivity contribution in [1.29, 1.82) is 0 Å². The highest BCUT2D eigenvalue weighted by Crippen LogP contribution is 2.42. The minimum Gasteiger partial charge on any atom is -0.507 e. The van der Waals surface area contributed by atoms with Gasteiger partial charge in [0.05, 0.1) is 12.7 Å². The average molecular weight is 421 g/mol. The summed E-state index contributed by atoms with van der Waals surface area (Å²) in [6.07, 6.45) is 0. The zero-order chi connectivity index (χ0) is 22.3. The van der Waals surface area contributed by atoms with E-state index in [9.17, 15) is 19.1 Å². The number of carbonyl (C=O) groups is 2. The van der Waals surface area contributed by atoms with Gasteiger partial charge in [-0.2, -0.15) is 0 Å². The number of aliphatic hydroxyl groups is 1. The van der Waals surface area contributed by atoms with Gasteiger partial charge in [-0.1, -0.05) is 0 Å². The molecule has 2 heterocycles. The van der Waals surface area contributed by atoms with E-state index in [0.717, 1.165) is 5.56 Å². The van der Waals surface area contributed by atoms with Crippen LogP contribution in [0.15, 0.2) is 64.6 Å². The van der Waals surface area contributed by atoms with Crippen molar-refractivity contribution in [3.8, 4) is 5.75 Å². The molecule has 4 rings (SSSR count). The molecule has 0 saturated carbocycles. The first-order chi connectivity index (χ1) is 14.8. The maximum absolute atomic E-state index is 13.4. The molecule has 1 N–H and O–H groups in total. The van der Waals surface area contributed by atoms with Crippen LogP contribution in [-0.4, -0.2) is 23.9 Å². The fourth-order valence-electron chi connectivity index (χ4n) is 3.75. The third-order valence-corrected chi connectivity index (χ3v) is 5.25. The van der Waals surface area contributed by atoms with E-state index in [1.165, 1.54) is 36.3 Å². The number of carbonyl (C=O) groups excluding carboxylic acids is 2. The maximum atomic E-state index is 13.4. The van der Waals surface area contributed by atoms with Crippen LogP contribution in [0.5, 0.6) is 5.75 Å². The Hall–Kier alpha value is -3.87. The van der Waals surface area contributed by atoms with Gasteiger partial charge in [-0.15, -0.1) is 0 Å². The van der Waals surface area contributed by atoms with Crippen LogP contribution in [0.4, 0.5) is 10.1 Å². The van der Waals surface area contributed by atoms with Crippen LogP contribution in [0.25, 0.3) is 5.76 Å². The number of ketones is 1. The molecule has 2 aromatic carbocycles. The predicted octanol–water partition coefficient (Wildman–Crippen LogP) is 4.67. The van der Waals surface area contributed by atoms with Gasteiger partial charge in [0.1, 0.15) is 34.9 Å². The number of hydrogen-bond acceptors (Lipinski definition) is 5. The van der Waals surface area contributed by atoms with E-state index >= 15 is 0 Å². The molecule has 1 aromatic heterocycles.